The minimum absolute atomic E-state index is 0.101. The topological polar surface area (TPSA) is 77.1 Å². The third-order valence-electron chi connectivity index (χ3n) is 7.04. The van der Waals surface area contributed by atoms with Crippen molar-refractivity contribution in [1.82, 2.24) is 10.2 Å². The summed E-state index contributed by atoms with van der Waals surface area (Å²) in [7, 11) is 3.09. The molecule has 0 spiro atoms. The average Bonchev–Trinajstić information content (AvgIpc) is 2.92. The van der Waals surface area contributed by atoms with Gasteiger partial charge in [0.2, 0.25) is 5.91 Å². The molecule has 2 heterocycles. The molecule has 3 aromatic rings. The Balaban J connectivity index is 1.58. The number of nitrogens with zero attached hydrogens (tertiary/aromatic N) is 1. The van der Waals surface area contributed by atoms with Crippen LogP contribution in [0, 0.1) is 0 Å². The van der Waals surface area contributed by atoms with Crippen molar-refractivity contribution >= 4 is 11.8 Å². The largest absolute Gasteiger partial charge is 0.494 e. The number of hydrogen-bond donors (Lipinski definition) is 1. The van der Waals surface area contributed by atoms with Crippen LogP contribution in [0.4, 0.5) is 0 Å². The molecule has 0 saturated carbocycles. The van der Waals surface area contributed by atoms with Gasteiger partial charge >= 0.3 is 0 Å². The van der Waals surface area contributed by atoms with Crippen LogP contribution < -0.4 is 19.5 Å². The highest BCUT2D eigenvalue weighted by Crippen LogP contribution is 2.48. The predicted octanol–water partition coefficient (Wildman–Crippen LogP) is 4.26. The molecule has 0 radical (unpaired) electrons. The maximum atomic E-state index is 14.0. The molecule has 36 heavy (non-hydrogen) atoms. The third-order valence-corrected chi connectivity index (χ3v) is 7.04. The maximum absolute atomic E-state index is 14.0. The average molecular weight is 487 g/mol. The fourth-order valence-corrected chi connectivity index (χ4v) is 5.37. The summed E-state index contributed by atoms with van der Waals surface area (Å²) in [6.45, 7) is 3.34. The van der Waals surface area contributed by atoms with E-state index in [0.29, 0.717) is 42.3 Å². The molecule has 7 nitrogen and oxygen atoms in total. The van der Waals surface area contributed by atoms with Crippen LogP contribution in [0.2, 0.25) is 0 Å². The van der Waals surface area contributed by atoms with Gasteiger partial charge in [-0.2, -0.15) is 0 Å². The highest BCUT2D eigenvalue weighted by Gasteiger charge is 2.46. The van der Waals surface area contributed by atoms with Crippen molar-refractivity contribution in [2.45, 2.75) is 31.8 Å². The highest BCUT2D eigenvalue weighted by atomic mass is 16.5. The second kappa shape index (κ2) is 9.93. The lowest BCUT2D eigenvalue weighted by molar-refractivity contribution is -0.124. The van der Waals surface area contributed by atoms with E-state index >= 15 is 0 Å². The Bertz CT molecular complexity index is 1300. The van der Waals surface area contributed by atoms with Crippen molar-refractivity contribution < 1.29 is 23.8 Å². The number of para-hydroxylation sites is 1. The molecule has 2 amide bonds. The van der Waals surface area contributed by atoms with Gasteiger partial charge in [-0.1, -0.05) is 42.5 Å². The molecule has 0 aliphatic carbocycles. The Morgan fingerprint density at radius 2 is 1.69 bits per heavy atom. The van der Waals surface area contributed by atoms with Crippen molar-refractivity contribution in [3.8, 4) is 17.2 Å². The first kappa shape index (κ1) is 23.7. The van der Waals surface area contributed by atoms with E-state index in [9.17, 15) is 9.59 Å². The summed E-state index contributed by atoms with van der Waals surface area (Å²) in [6, 6.07) is 18.8. The van der Waals surface area contributed by atoms with Gasteiger partial charge < -0.3 is 24.4 Å². The molecule has 0 aromatic heterocycles. The van der Waals surface area contributed by atoms with E-state index in [-0.39, 0.29) is 11.8 Å². The molecule has 0 fully saturated rings. The van der Waals surface area contributed by atoms with Crippen LogP contribution in [0.5, 0.6) is 17.2 Å². The fourth-order valence-electron chi connectivity index (χ4n) is 5.37. The second-order valence-corrected chi connectivity index (χ2v) is 8.92. The Morgan fingerprint density at radius 3 is 2.47 bits per heavy atom. The van der Waals surface area contributed by atoms with Crippen LogP contribution in [0.3, 0.4) is 0 Å². The zero-order valence-electron chi connectivity index (χ0n) is 20.7. The lowest BCUT2D eigenvalue weighted by atomic mass is 9.75. The monoisotopic (exact) mass is 486 g/mol. The summed E-state index contributed by atoms with van der Waals surface area (Å²) in [5.74, 6) is 0.824. The first-order valence-corrected chi connectivity index (χ1v) is 12.2. The molecule has 0 bridgehead atoms. The smallest absolute Gasteiger partial charge is 0.254 e. The number of amides is 2. The number of hydrogen-bond acceptors (Lipinski definition) is 5. The molecular formula is C29H30N2O5. The Morgan fingerprint density at radius 1 is 0.972 bits per heavy atom. The summed E-state index contributed by atoms with van der Waals surface area (Å²) in [5, 5.41) is 3.12. The van der Waals surface area contributed by atoms with Crippen LogP contribution in [-0.4, -0.2) is 44.1 Å². The molecule has 0 unspecified atom stereocenters. The molecule has 5 rings (SSSR count). The van der Waals surface area contributed by atoms with Crippen LogP contribution in [0.25, 0.3) is 0 Å². The standard InChI is InChI=1S/C29H30N2O5/c1-4-36-23-12-8-6-10-19(23)17-30-28(32)26-21-15-24(34-2)25(35-3)16-22(21)29(33)31-14-13-18-9-5-7-11-20(18)27(26)31/h5-12,15-16,26-27H,4,13-14,17H2,1-3H3,(H,30,32)/t26-,27+/m0/s1. The van der Waals surface area contributed by atoms with Crippen molar-refractivity contribution in [2.24, 2.45) is 0 Å². The number of carbonyl (C=O) groups is 2. The van der Waals surface area contributed by atoms with E-state index in [4.69, 9.17) is 14.2 Å². The van der Waals surface area contributed by atoms with Gasteiger partial charge in [0.05, 0.1) is 32.8 Å². The zero-order chi connectivity index (χ0) is 25.2. The van der Waals surface area contributed by atoms with E-state index in [2.05, 4.69) is 11.4 Å². The van der Waals surface area contributed by atoms with Crippen LogP contribution in [-0.2, 0) is 17.8 Å². The lowest BCUT2D eigenvalue weighted by Crippen LogP contribution is -2.50. The van der Waals surface area contributed by atoms with Gasteiger partial charge in [0.15, 0.2) is 11.5 Å². The number of benzene rings is 3. The molecule has 2 aliphatic heterocycles. The number of nitrogens with one attached hydrogen (secondary N) is 1. The van der Waals surface area contributed by atoms with Crippen LogP contribution in [0.1, 0.15) is 51.5 Å². The van der Waals surface area contributed by atoms with Gasteiger partial charge in [-0.3, -0.25) is 9.59 Å². The highest BCUT2D eigenvalue weighted by molar-refractivity contribution is 6.02. The number of rotatable bonds is 7. The van der Waals surface area contributed by atoms with Gasteiger partial charge in [-0.15, -0.1) is 0 Å². The van der Waals surface area contributed by atoms with E-state index in [1.54, 1.807) is 19.2 Å². The van der Waals surface area contributed by atoms with Gasteiger partial charge in [0.25, 0.3) is 5.91 Å². The van der Waals surface area contributed by atoms with Crippen molar-refractivity contribution in [3.63, 3.8) is 0 Å². The minimum Gasteiger partial charge on any atom is -0.494 e. The molecule has 186 valence electrons. The van der Waals surface area contributed by atoms with Gasteiger partial charge in [0, 0.05) is 24.2 Å². The molecule has 2 atom stereocenters. The number of fused-ring (bicyclic) bond motifs is 4. The molecule has 1 N–H and O–H groups in total. The Kier molecular flexibility index (Phi) is 6.55. The van der Waals surface area contributed by atoms with E-state index in [0.717, 1.165) is 28.9 Å². The molecule has 2 aliphatic rings. The Hall–Kier alpha value is -4.00. The molecule has 0 saturated heterocycles. The first-order chi connectivity index (χ1) is 17.6. The molecule has 7 heteroatoms. The van der Waals surface area contributed by atoms with Gasteiger partial charge in [-0.25, -0.2) is 0 Å². The van der Waals surface area contributed by atoms with Crippen molar-refractivity contribution in [1.29, 1.82) is 0 Å². The van der Waals surface area contributed by atoms with Crippen molar-refractivity contribution in [2.75, 3.05) is 27.4 Å². The summed E-state index contributed by atoms with van der Waals surface area (Å²) < 4.78 is 16.8. The lowest BCUT2D eigenvalue weighted by Gasteiger charge is -2.45. The quantitative estimate of drug-likeness (QED) is 0.540. The van der Waals surface area contributed by atoms with Crippen LogP contribution >= 0.6 is 0 Å². The number of ether oxygens (including phenoxy) is 3. The summed E-state index contributed by atoms with van der Waals surface area (Å²) >= 11 is 0. The van der Waals surface area contributed by atoms with Crippen molar-refractivity contribution in [3.05, 3.63) is 88.5 Å². The van der Waals surface area contributed by atoms with Crippen LogP contribution in [0.15, 0.2) is 60.7 Å². The van der Waals surface area contributed by atoms with E-state index in [1.165, 1.54) is 7.11 Å². The number of carbonyl (C=O) groups excluding carboxylic acids is 2. The summed E-state index contributed by atoms with van der Waals surface area (Å²) in [4.78, 5) is 29.5. The summed E-state index contributed by atoms with van der Waals surface area (Å²) in [5.41, 5.74) is 4.18. The van der Waals surface area contributed by atoms with E-state index < -0.39 is 12.0 Å². The molecular weight excluding hydrogens is 456 g/mol. The fraction of sp³-hybridized carbons (Fsp3) is 0.310. The maximum Gasteiger partial charge on any atom is 0.254 e. The number of methoxy groups -OCH3 is 2. The van der Waals surface area contributed by atoms with E-state index in [1.807, 2.05) is 54.3 Å². The molecule has 3 aromatic carbocycles. The third kappa shape index (κ3) is 4.04. The second-order valence-electron chi connectivity index (χ2n) is 8.92. The predicted molar refractivity (Wildman–Crippen MR) is 136 cm³/mol. The van der Waals surface area contributed by atoms with Gasteiger partial charge in [0.1, 0.15) is 5.75 Å². The minimum atomic E-state index is -0.613. The first-order valence-electron chi connectivity index (χ1n) is 12.2. The normalized spacial score (nSPS) is 18.0. The zero-order valence-corrected chi connectivity index (χ0v) is 20.7. The van der Waals surface area contributed by atoms with Gasteiger partial charge in [-0.05, 0) is 48.2 Å². The summed E-state index contributed by atoms with van der Waals surface area (Å²) in [6.07, 6.45) is 0.747. The SMILES string of the molecule is CCOc1ccccc1CNC(=O)[C@H]1c2cc(OC)c(OC)cc2C(=O)N2CCc3ccccc3[C@H]12. The Labute approximate surface area is 211 Å².